The molecule has 1 heterocycles. The molecule has 1 aliphatic carbocycles. The minimum absolute atomic E-state index is 0.658. The van der Waals surface area contributed by atoms with E-state index >= 15 is 0 Å². The minimum Gasteiger partial charge on any atom is -0.314 e. The van der Waals surface area contributed by atoms with E-state index in [1.165, 1.54) is 44.3 Å². The van der Waals surface area contributed by atoms with Crippen molar-refractivity contribution in [2.24, 2.45) is 5.92 Å². The standard InChI is InChI=1S/C17H26N2/c1-14-6-2-5-9-16(14)17(15-7-3-4-8-15)19-12-10-18-11-13-19/h2,5-6,9,15,17-18H,3-4,7-8,10-13H2,1H3/t17-/m1/s1. The van der Waals surface area contributed by atoms with Gasteiger partial charge in [-0.2, -0.15) is 0 Å². The van der Waals surface area contributed by atoms with E-state index in [9.17, 15) is 0 Å². The Morgan fingerprint density at radius 2 is 1.79 bits per heavy atom. The molecule has 1 aromatic rings. The van der Waals surface area contributed by atoms with Gasteiger partial charge in [-0.25, -0.2) is 0 Å². The molecular formula is C17H26N2. The van der Waals surface area contributed by atoms with Crippen LogP contribution in [-0.2, 0) is 0 Å². The predicted octanol–water partition coefficient (Wildman–Crippen LogP) is 3.13. The van der Waals surface area contributed by atoms with Gasteiger partial charge in [-0.05, 0) is 36.8 Å². The van der Waals surface area contributed by atoms with Gasteiger partial charge >= 0.3 is 0 Å². The highest BCUT2D eigenvalue weighted by atomic mass is 15.2. The maximum absolute atomic E-state index is 3.48. The molecule has 1 saturated carbocycles. The van der Waals surface area contributed by atoms with E-state index in [-0.39, 0.29) is 0 Å². The second kappa shape index (κ2) is 6.06. The Hall–Kier alpha value is -0.860. The monoisotopic (exact) mass is 258 g/mol. The van der Waals surface area contributed by atoms with Gasteiger partial charge in [0.25, 0.3) is 0 Å². The molecule has 0 aromatic heterocycles. The highest BCUT2D eigenvalue weighted by Gasteiger charge is 2.32. The smallest absolute Gasteiger partial charge is 0.0379 e. The summed E-state index contributed by atoms with van der Waals surface area (Å²) in [5, 5.41) is 3.48. The van der Waals surface area contributed by atoms with Crippen LogP contribution in [-0.4, -0.2) is 31.1 Å². The third-order valence-electron chi connectivity index (χ3n) is 4.90. The molecule has 3 rings (SSSR count). The van der Waals surface area contributed by atoms with E-state index < -0.39 is 0 Å². The van der Waals surface area contributed by atoms with Crippen LogP contribution in [0.25, 0.3) is 0 Å². The van der Waals surface area contributed by atoms with Gasteiger partial charge in [0.15, 0.2) is 0 Å². The van der Waals surface area contributed by atoms with E-state index in [0.717, 1.165) is 19.0 Å². The first kappa shape index (κ1) is 13.1. The van der Waals surface area contributed by atoms with Crippen molar-refractivity contribution in [2.75, 3.05) is 26.2 Å². The Balaban J connectivity index is 1.88. The molecule has 1 aromatic carbocycles. The Kier molecular flexibility index (Phi) is 4.19. The van der Waals surface area contributed by atoms with Gasteiger partial charge < -0.3 is 5.32 Å². The molecule has 0 amide bonds. The van der Waals surface area contributed by atoms with Crippen molar-refractivity contribution >= 4 is 0 Å². The maximum atomic E-state index is 3.48. The molecule has 2 fully saturated rings. The lowest BCUT2D eigenvalue weighted by Crippen LogP contribution is -2.46. The van der Waals surface area contributed by atoms with Crippen LogP contribution in [0.15, 0.2) is 24.3 Å². The van der Waals surface area contributed by atoms with Crippen molar-refractivity contribution < 1.29 is 0 Å². The largest absolute Gasteiger partial charge is 0.314 e. The average molecular weight is 258 g/mol. The first-order chi connectivity index (χ1) is 9.36. The van der Waals surface area contributed by atoms with Gasteiger partial charge in [0.2, 0.25) is 0 Å². The number of piperazine rings is 1. The lowest BCUT2D eigenvalue weighted by atomic mass is 9.87. The summed E-state index contributed by atoms with van der Waals surface area (Å²) < 4.78 is 0. The molecule has 104 valence electrons. The van der Waals surface area contributed by atoms with Gasteiger partial charge in [0.1, 0.15) is 0 Å². The number of rotatable bonds is 3. The average Bonchev–Trinajstić information content (AvgIpc) is 2.96. The van der Waals surface area contributed by atoms with Crippen LogP contribution in [0.4, 0.5) is 0 Å². The first-order valence-corrected chi connectivity index (χ1v) is 7.86. The van der Waals surface area contributed by atoms with Crippen molar-refractivity contribution in [3.63, 3.8) is 0 Å². The van der Waals surface area contributed by atoms with Crippen LogP contribution in [0, 0.1) is 12.8 Å². The van der Waals surface area contributed by atoms with Gasteiger partial charge in [-0.3, -0.25) is 4.90 Å². The van der Waals surface area contributed by atoms with Crippen molar-refractivity contribution in [3.05, 3.63) is 35.4 Å². The molecule has 19 heavy (non-hydrogen) atoms. The number of nitrogens with one attached hydrogen (secondary N) is 1. The Labute approximate surface area is 117 Å². The molecule has 2 aliphatic rings. The molecule has 2 heteroatoms. The zero-order chi connectivity index (χ0) is 13.1. The molecule has 0 bridgehead atoms. The second-order valence-corrected chi connectivity index (χ2v) is 6.13. The molecule has 1 N–H and O–H groups in total. The topological polar surface area (TPSA) is 15.3 Å². The van der Waals surface area contributed by atoms with Crippen molar-refractivity contribution in [1.82, 2.24) is 10.2 Å². The van der Waals surface area contributed by atoms with Gasteiger partial charge in [0.05, 0.1) is 0 Å². The zero-order valence-electron chi connectivity index (χ0n) is 12.1. The highest BCUT2D eigenvalue weighted by Crippen LogP contribution is 2.40. The fraction of sp³-hybridized carbons (Fsp3) is 0.647. The third-order valence-corrected chi connectivity index (χ3v) is 4.90. The number of benzene rings is 1. The summed E-state index contributed by atoms with van der Waals surface area (Å²) in [7, 11) is 0. The molecule has 1 aliphatic heterocycles. The van der Waals surface area contributed by atoms with Crippen LogP contribution in [0.1, 0.15) is 42.9 Å². The summed E-state index contributed by atoms with van der Waals surface area (Å²) in [6.07, 6.45) is 5.70. The minimum atomic E-state index is 0.658. The lowest BCUT2D eigenvalue weighted by Gasteiger charge is -2.39. The molecule has 1 atom stereocenters. The fourth-order valence-corrected chi connectivity index (χ4v) is 3.90. The normalized spacial score (nSPS) is 23.6. The van der Waals surface area contributed by atoms with E-state index in [2.05, 4.69) is 41.4 Å². The third kappa shape index (κ3) is 2.85. The van der Waals surface area contributed by atoms with E-state index in [4.69, 9.17) is 0 Å². The predicted molar refractivity (Wildman–Crippen MR) is 80.3 cm³/mol. The van der Waals surface area contributed by atoms with Crippen molar-refractivity contribution in [2.45, 2.75) is 38.6 Å². The van der Waals surface area contributed by atoms with Crippen LogP contribution >= 0.6 is 0 Å². The highest BCUT2D eigenvalue weighted by molar-refractivity contribution is 5.29. The quantitative estimate of drug-likeness (QED) is 0.896. The van der Waals surface area contributed by atoms with Crippen LogP contribution in [0.3, 0.4) is 0 Å². The van der Waals surface area contributed by atoms with E-state index in [0.29, 0.717) is 6.04 Å². The van der Waals surface area contributed by atoms with E-state index in [1.54, 1.807) is 5.56 Å². The van der Waals surface area contributed by atoms with Gasteiger partial charge in [-0.15, -0.1) is 0 Å². The first-order valence-electron chi connectivity index (χ1n) is 7.86. The summed E-state index contributed by atoms with van der Waals surface area (Å²) in [4.78, 5) is 2.73. The SMILES string of the molecule is Cc1ccccc1[C@@H](C1CCCC1)N1CCNCC1. The summed E-state index contributed by atoms with van der Waals surface area (Å²) in [5.74, 6) is 0.874. The Bertz CT molecular complexity index is 403. The van der Waals surface area contributed by atoms with E-state index in [1.807, 2.05) is 0 Å². The Morgan fingerprint density at radius 3 is 2.47 bits per heavy atom. The molecule has 0 spiro atoms. The van der Waals surface area contributed by atoms with Crippen molar-refractivity contribution in [3.8, 4) is 0 Å². The number of nitrogens with zero attached hydrogens (tertiary/aromatic N) is 1. The molecule has 2 nitrogen and oxygen atoms in total. The van der Waals surface area contributed by atoms with Crippen LogP contribution < -0.4 is 5.32 Å². The zero-order valence-corrected chi connectivity index (χ0v) is 12.1. The number of aryl methyl sites for hydroxylation is 1. The van der Waals surface area contributed by atoms with Crippen molar-refractivity contribution in [1.29, 1.82) is 0 Å². The fourth-order valence-electron chi connectivity index (χ4n) is 3.90. The van der Waals surface area contributed by atoms with Gasteiger partial charge in [-0.1, -0.05) is 37.1 Å². The summed E-state index contributed by atoms with van der Waals surface area (Å²) in [6.45, 7) is 6.98. The number of hydrogen-bond donors (Lipinski definition) is 1. The summed E-state index contributed by atoms with van der Waals surface area (Å²) in [5.41, 5.74) is 3.05. The maximum Gasteiger partial charge on any atom is 0.0379 e. The molecule has 1 saturated heterocycles. The summed E-state index contributed by atoms with van der Waals surface area (Å²) in [6, 6.07) is 9.68. The number of hydrogen-bond acceptors (Lipinski definition) is 2. The lowest BCUT2D eigenvalue weighted by molar-refractivity contribution is 0.125. The molecule has 0 radical (unpaired) electrons. The van der Waals surface area contributed by atoms with Crippen LogP contribution in [0.2, 0.25) is 0 Å². The summed E-state index contributed by atoms with van der Waals surface area (Å²) >= 11 is 0. The molecular weight excluding hydrogens is 232 g/mol. The second-order valence-electron chi connectivity index (χ2n) is 6.13. The Morgan fingerprint density at radius 1 is 1.11 bits per heavy atom. The molecule has 0 unspecified atom stereocenters. The van der Waals surface area contributed by atoms with Gasteiger partial charge in [0, 0.05) is 32.2 Å². The van der Waals surface area contributed by atoms with Crippen LogP contribution in [0.5, 0.6) is 0 Å².